The lowest BCUT2D eigenvalue weighted by Gasteiger charge is -2.22. The number of hydrogen-bond acceptors (Lipinski definition) is 6. The maximum atomic E-state index is 10.0. The largest absolute Gasteiger partial charge is 0.669 e. The summed E-state index contributed by atoms with van der Waals surface area (Å²) in [6, 6.07) is 5.70. The molecule has 29 heavy (non-hydrogen) atoms. The highest BCUT2D eigenvalue weighted by atomic mass is 16.6. The van der Waals surface area contributed by atoms with E-state index in [1.807, 2.05) is 18.2 Å². The molecule has 0 radical (unpaired) electrons. The van der Waals surface area contributed by atoms with Gasteiger partial charge < -0.3 is 31.4 Å². The van der Waals surface area contributed by atoms with E-state index in [2.05, 4.69) is 15.0 Å². The molecule has 1 aliphatic heterocycles. The van der Waals surface area contributed by atoms with Crippen LogP contribution in [-0.2, 0) is 15.9 Å². The molecular weight excluding hydrogens is 372 g/mol. The smallest absolute Gasteiger partial charge is 0.405 e. The molecule has 8 nitrogen and oxygen atoms in total. The Balaban J connectivity index is 0.000000321. The number of rotatable bonds is 3. The first-order valence-electron chi connectivity index (χ1n) is 9.92. The van der Waals surface area contributed by atoms with Gasteiger partial charge in [0.2, 0.25) is 0 Å². The van der Waals surface area contributed by atoms with Crippen LogP contribution in [0.3, 0.4) is 0 Å². The van der Waals surface area contributed by atoms with Crippen LogP contribution in [0.5, 0.6) is 0 Å². The SMILES string of the molecule is CC(C)(C)OC(N)=O.COCC1CCCC(Nc2ccc3c(c2)[C@@H]([NH-])[C@H](O)C3)=N1. The number of methoxy groups -OCH3 is 1. The van der Waals surface area contributed by atoms with Crippen LogP contribution in [-0.4, -0.2) is 48.5 Å². The number of ether oxygens (including phenoxy) is 2. The zero-order chi connectivity index (χ0) is 21.6. The van der Waals surface area contributed by atoms with Gasteiger partial charge in [-0.1, -0.05) is 17.7 Å². The average Bonchev–Trinajstić information content (AvgIpc) is 2.88. The Kier molecular flexibility index (Phi) is 8.01. The number of anilines is 1. The van der Waals surface area contributed by atoms with Crippen LogP contribution in [0.25, 0.3) is 5.73 Å². The second-order valence-corrected chi connectivity index (χ2v) is 8.40. The monoisotopic (exact) mass is 405 g/mol. The molecular formula is C21H33N4O4-. The number of carbonyl (C=O) groups excluding carboxylic acids is 1. The van der Waals surface area contributed by atoms with Crippen molar-refractivity contribution in [3.63, 3.8) is 0 Å². The summed E-state index contributed by atoms with van der Waals surface area (Å²) in [5.41, 5.74) is 15.2. The van der Waals surface area contributed by atoms with Gasteiger partial charge in [0, 0.05) is 25.3 Å². The summed E-state index contributed by atoms with van der Waals surface area (Å²) < 4.78 is 9.76. The third-order valence-electron chi connectivity index (χ3n) is 4.64. The Labute approximate surface area is 172 Å². The van der Waals surface area contributed by atoms with Gasteiger partial charge in [-0.2, -0.15) is 0 Å². The van der Waals surface area contributed by atoms with E-state index in [0.29, 0.717) is 13.0 Å². The summed E-state index contributed by atoms with van der Waals surface area (Å²) >= 11 is 0. The Bertz CT molecular complexity index is 730. The molecule has 3 atom stereocenters. The summed E-state index contributed by atoms with van der Waals surface area (Å²) in [6.07, 6.45) is 2.42. The van der Waals surface area contributed by atoms with Gasteiger partial charge in [0.15, 0.2) is 0 Å². The van der Waals surface area contributed by atoms with Crippen molar-refractivity contribution in [1.82, 2.24) is 0 Å². The molecule has 162 valence electrons. The molecule has 1 unspecified atom stereocenters. The van der Waals surface area contributed by atoms with Crippen LogP contribution in [0.15, 0.2) is 23.2 Å². The van der Waals surface area contributed by atoms with Gasteiger partial charge in [0.1, 0.15) is 11.4 Å². The standard InChI is InChI=1S/C16H22N3O2.C5H11NO2/c1-21-9-12-3-2-4-15(19-12)18-11-6-5-10-7-14(20)16(17)13(10)8-11;1-5(2,3)8-4(6)7/h5-6,8,12,14,16-17,20H,2-4,7,9H2,1H3,(H,18,19);1-3H3,(H2,6,7)/q-1;/t12?,14-,16-;/m1./s1. The van der Waals surface area contributed by atoms with Crippen LogP contribution < -0.4 is 11.1 Å². The van der Waals surface area contributed by atoms with Gasteiger partial charge >= 0.3 is 6.09 Å². The predicted molar refractivity (Wildman–Crippen MR) is 114 cm³/mol. The van der Waals surface area contributed by atoms with Gasteiger partial charge in [0.05, 0.1) is 12.6 Å². The molecule has 2 aliphatic rings. The first-order chi connectivity index (χ1) is 13.6. The van der Waals surface area contributed by atoms with E-state index in [9.17, 15) is 9.90 Å². The number of amidine groups is 1. The number of nitrogens with two attached hydrogens (primary N) is 1. The molecule has 1 aromatic carbocycles. The van der Waals surface area contributed by atoms with Crippen molar-refractivity contribution in [1.29, 1.82) is 0 Å². The van der Waals surface area contributed by atoms with Crippen molar-refractivity contribution in [2.24, 2.45) is 10.7 Å². The lowest BCUT2D eigenvalue weighted by atomic mass is 10.1. The second kappa shape index (κ2) is 10.0. The highest BCUT2D eigenvalue weighted by molar-refractivity contribution is 5.96. The fraction of sp³-hybridized carbons (Fsp3) is 0.619. The zero-order valence-electron chi connectivity index (χ0n) is 17.7. The van der Waals surface area contributed by atoms with E-state index in [1.165, 1.54) is 0 Å². The number of aliphatic hydroxyl groups excluding tert-OH is 1. The summed E-state index contributed by atoms with van der Waals surface area (Å²) in [4.78, 5) is 14.7. The molecule has 0 fully saturated rings. The quantitative estimate of drug-likeness (QED) is 0.707. The molecule has 1 heterocycles. The second-order valence-electron chi connectivity index (χ2n) is 8.40. The van der Waals surface area contributed by atoms with E-state index in [4.69, 9.17) is 16.2 Å². The summed E-state index contributed by atoms with van der Waals surface area (Å²) in [5, 5.41) is 13.1. The third-order valence-corrected chi connectivity index (χ3v) is 4.64. The van der Waals surface area contributed by atoms with Crippen LogP contribution in [0.4, 0.5) is 10.5 Å². The maximum absolute atomic E-state index is 10.0. The molecule has 0 saturated carbocycles. The van der Waals surface area contributed by atoms with Gasteiger partial charge in [-0.3, -0.25) is 4.99 Å². The van der Waals surface area contributed by atoms with Crippen LogP contribution in [0.2, 0.25) is 0 Å². The first-order valence-corrected chi connectivity index (χ1v) is 9.92. The fourth-order valence-corrected chi connectivity index (χ4v) is 3.43. The van der Waals surface area contributed by atoms with Gasteiger partial charge in [0.25, 0.3) is 0 Å². The molecule has 1 amide bonds. The number of aliphatic imine (C=N–C) groups is 1. The molecule has 5 N–H and O–H groups in total. The number of benzene rings is 1. The number of nitrogens with zero attached hydrogens (tertiary/aromatic N) is 1. The van der Waals surface area contributed by atoms with Crippen molar-refractivity contribution in [2.45, 2.75) is 70.2 Å². The van der Waals surface area contributed by atoms with Crippen molar-refractivity contribution >= 4 is 17.6 Å². The molecule has 3 rings (SSSR count). The lowest BCUT2D eigenvalue weighted by molar-refractivity contribution is 0.0600. The lowest BCUT2D eigenvalue weighted by Crippen LogP contribution is -2.27. The van der Waals surface area contributed by atoms with Crippen molar-refractivity contribution in [2.75, 3.05) is 19.0 Å². The minimum Gasteiger partial charge on any atom is -0.669 e. The van der Waals surface area contributed by atoms with E-state index in [0.717, 1.165) is 41.9 Å². The number of carbonyl (C=O) groups is 1. The Morgan fingerprint density at radius 2 is 2.14 bits per heavy atom. The third kappa shape index (κ3) is 7.30. The van der Waals surface area contributed by atoms with Gasteiger partial charge in [-0.05, 0) is 57.7 Å². The van der Waals surface area contributed by atoms with Gasteiger partial charge in [-0.25, -0.2) is 4.79 Å². The maximum Gasteiger partial charge on any atom is 0.405 e. The molecule has 0 spiro atoms. The van der Waals surface area contributed by atoms with E-state index >= 15 is 0 Å². The molecule has 0 bridgehead atoms. The first kappa shape index (κ1) is 23.1. The molecule has 8 heteroatoms. The Morgan fingerprint density at radius 1 is 1.41 bits per heavy atom. The highest BCUT2D eigenvalue weighted by Crippen LogP contribution is 2.35. The molecule has 0 aromatic heterocycles. The minimum absolute atomic E-state index is 0.242. The number of fused-ring (bicyclic) bond motifs is 1. The van der Waals surface area contributed by atoms with Crippen molar-refractivity contribution in [3.8, 4) is 0 Å². The van der Waals surface area contributed by atoms with E-state index in [1.54, 1.807) is 27.9 Å². The summed E-state index contributed by atoms with van der Waals surface area (Å²) in [7, 11) is 1.71. The van der Waals surface area contributed by atoms with Crippen molar-refractivity contribution < 1.29 is 19.4 Å². The summed E-state index contributed by atoms with van der Waals surface area (Å²) in [5.74, 6) is 0.989. The zero-order valence-corrected chi connectivity index (χ0v) is 17.7. The molecule has 1 aliphatic carbocycles. The number of aliphatic hydroxyl groups is 1. The fourth-order valence-electron chi connectivity index (χ4n) is 3.43. The average molecular weight is 406 g/mol. The number of amides is 1. The number of hydrogen-bond donors (Lipinski definition) is 3. The summed E-state index contributed by atoms with van der Waals surface area (Å²) in [6.45, 7) is 5.95. The van der Waals surface area contributed by atoms with Crippen LogP contribution in [0.1, 0.15) is 57.2 Å². The number of primary amides is 1. The van der Waals surface area contributed by atoms with Crippen molar-refractivity contribution in [3.05, 3.63) is 35.1 Å². The van der Waals surface area contributed by atoms with Crippen LogP contribution in [0, 0.1) is 0 Å². The topological polar surface area (TPSA) is 130 Å². The van der Waals surface area contributed by atoms with E-state index < -0.39 is 23.8 Å². The Hall–Kier alpha value is -2.16. The highest BCUT2D eigenvalue weighted by Gasteiger charge is 2.23. The van der Waals surface area contributed by atoms with Crippen LogP contribution >= 0.6 is 0 Å². The normalized spacial score (nSPS) is 23.4. The Morgan fingerprint density at radius 3 is 2.72 bits per heavy atom. The minimum atomic E-state index is -0.725. The van der Waals surface area contributed by atoms with Gasteiger partial charge in [-0.15, -0.1) is 0 Å². The molecule has 1 aromatic rings. The molecule has 0 saturated heterocycles. The predicted octanol–water partition coefficient (Wildman–Crippen LogP) is 3.59. The van der Waals surface area contributed by atoms with E-state index in [-0.39, 0.29) is 6.04 Å². The number of nitrogens with one attached hydrogen (secondary N) is 2.